The molecule has 3 heteroatoms. The average molecular weight is 228 g/mol. The minimum atomic E-state index is -0.685. The first kappa shape index (κ1) is 15.2. The number of carbonyl (C=O) groups is 1. The van der Waals surface area contributed by atoms with E-state index in [1.54, 1.807) is 6.08 Å². The molecule has 0 unspecified atom stereocenters. The molecule has 0 rings (SSSR count). The molecule has 2 N–H and O–H groups in total. The van der Waals surface area contributed by atoms with Gasteiger partial charge >= 0.3 is 5.97 Å². The summed E-state index contributed by atoms with van der Waals surface area (Å²) >= 11 is 0. The summed E-state index contributed by atoms with van der Waals surface area (Å²) < 4.78 is 0. The van der Waals surface area contributed by atoms with Crippen molar-refractivity contribution in [3.05, 3.63) is 12.2 Å². The van der Waals surface area contributed by atoms with Crippen LogP contribution in [0.3, 0.4) is 0 Å². The Morgan fingerprint density at radius 2 is 1.44 bits per heavy atom. The zero-order valence-electron chi connectivity index (χ0n) is 10.0. The van der Waals surface area contributed by atoms with E-state index in [-0.39, 0.29) is 6.61 Å². The molecular formula is C13H24O3. The van der Waals surface area contributed by atoms with Crippen LogP contribution in [0.5, 0.6) is 0 Å². The number of aliphatic carboxylic acids is 1. The topological polar surface area (TPSA) is 57.5 Å². The highest BCUT2D eigenvalue weighted by atomic mass is 16.4. The van der Waals surface area contributed by atoms with Gasteiger partial charge in [0.2, 0.25) is 0 Å². The third-order valence-electron chi connectivity index (χ3n) is 2.53. The maximum atomic E-state index is 10.2. The number of rotatable bonds is 11. The van der Waals surface area contributed by atoms with Gasteiger partial charge in [0.05, 0.1) is 6.61 Å². The zero-order valence-corrected chi connectivity index (χ0v) is 10.0. The van der Waals surface area contributed by atoms with Crippen molar-refractivity contribution < 1.29 is 15.0 Å². The van der Waals surface area contributed by atoms with Gasteiger partial charge in [-0.3, -0.25) is 4.79 Å². The van der Waals surface area contributed by atoms with Crippen molar-refractivity contribution in [2.75, 3.05) is 6.61 Å². The summed E-state index contributed by atoms with van der Waals surface area (Å²) in [4.78, 5) is 10.2. The smallest absolute Gasteiger partial charge is 0.303 e. The highest BCUT2D eigenvalue weighted by molar-refractivity contribution is 5.66. The van der Waals surface area contributed by atoms with Crippen LogP contribution in [0.15, 0.2) is 12.2 Å². The van der Waals surface area contributed by atoms with E-state index in [1.165, 1.54) is 25.7 Å². The standard InChI is InChI=1S/C13H24O3/c14-12-10-8-6-4-2-1-3-5-7-9-11-13(15)16/h8,10,14H,1-7,9,11-12H2,(H,15,16). The molecule has 3 nitrogen and oxygen atoms in total. The molecule has 0 bridgehead atoms. The molecule has 0 aromatic carbocycles. The van der Waals surface area contributed by atoms with Gasteiger partial charge in [-0.05, 0) is 19.3 Å². The highest BCUT2D eigenvalue weighted by Gasteiger charge is 1.96. The lowest BCUT2D eigenvalue weighted by Gasteiger charge is -1.99. The van der Waals surface area contributed by atoms with Crippen LogP contribution < -0.4 is 0 Å². The van der Waals surface area contributed by atoms with E-state index < -0.39 is 5.97 Å². The predicted octanol–water partition coefficient (Wildman–Crippen LogP) is 3.13. The van der Waals surface area contributed by atoms with Gasteiger partial charge in [-0.25, -0.2) is 0 Å². The number of carboxylic acids is 1. The molecule has 16 heavy (non-hydrogen) atoms. The van der Waals surface area contributed by atoms with Crippen LogP contribution in [0.1, 0.15) is 57.8 Å². The number of unbranched alkanes of at least 4 members (excludes halogenated alkanes) is 7. The van der Waals surface area contributed by atoms with Gasteiger partial charge < -0.3 is 10.2 Å². The molecule has 0 saturated carbocycles. The largest absolute Gasteiger partial charge is 0.481 e. The van der Waals surface area contributed by atoms with E-state index in [0.717, 1.165) is 25.7 Å². The maximum absolute atomic E-state index is 10.2. The molecule has 0 atom stereocenters. The number of carboxylic acid groups (broad SMARTS) is 1. The zero-order chi connectivity index (χ0) is 12.1. The fourth-order valence-electron chi connectivity index (χ4n) is 1.61. The molecule has 0 aromatic heterocycles. The molecule has 0 aromatic rings. The van der Waals surface area contributed by atoms with Crippen LogP contribution in [0, 0.1) is 0 Å². The molecule has 0 fully saturated rings. The number of allylic oxidation sites excluding steroid dienone is 1. The Morgan fingerprint density at radius 1 is 0.875 bits per heavy atom. The Hall–Kier alpha value is -0.830. The summed E-state index contributed by atoms with van der Waals surface area (Å²) in [7, 11) is 0. The third-order valence-corrected chi connectivity index (χ3v) is 2.53. The molecule has 0 heterocycles. The van der Waals surface area contributed by atoms with E-state index in [0.29, 0.717) is 6.42 Å². The Bertz CT molecular complexity index is 188. The van der Waals surface area contributed by atoms with Crippen molar-refractivity contribution in [2.24, 2.45) is 0 Å². The fraction of sp³-hybridized carbons (Fsp3) is 0.769. The van der Waals surface area contributed by atoms with Gasteiger partial charge in [0.1, 0.15) is 0 Å². The van der Waals surface area contributed by atoms with E-state index in [4.69, 9.17) is 10.2 Å². The van der Waals surface area contributed by atoms with Crippen LogP contribution in [-0.4, -0.2) is 22.8 Å². The van der Waals surface area contributed by atoms with Crippen molar-refractivity contribution in [1.82, 2.24) is 0 Å². The van der Waals surface area contributed by atoms with Gasteiger partial charge in [0.15, 0.2) is 0 Å². The first-order valence-corrected chi connectivity index (χ1v) is 6.25. The summed E-state index contributed by atoms with van der Waals surface area (Å²) in [5.41, 5.74) is 0. The van der Waals surface area contributed by atoms with E-state index in [9.17, 15) is 4.79 Å². The van der Waals surface area contributed by atoms with Gasteiger partial charge in [0.25, 0.3) is 0 Å². The predicted molar refractivity (Wildman–Crippen MR) is 65.4 cm³/mol. The molecule has 94 valence electrons. The van der Waals surface area contributed by atoms with Crippen molar-refractivity contribution in [3.63, 3.8) is 0 Å². The summed E-state index contributed by atoms with van der Waals surface area (Å²) in [5, 5.41) is 16.9. The molecule has 0 saturated heterocycles. The minimum Gasteiger partial charge on any atom is -0.481 e. The van der Waals surface area contributed by atoms with Crippen LogP contribution >= 0.6 is 0 Å². The molecule has 0 radical (unpaired) electrons. The summed E-state index contributed by atoms with van der Waals surface area (Å²) in [6, 6.07) is 0. The van der Waals surface area contributed by atoms with Crippen molar-refractivity contribution in [3.8, 4) is 0 Å². The Morgan fingerprint density at radius 3 is 2.00 bits per heavy atom. The number of aliphatic hydroxyl groups excluding tert-OH is 1. The number of hydrogen-bond acceptors (Lipinski definition) is 2. The Labute approximate surface area is 98.2 Å². The second-order valence-corrected chi connectivity index (χ2v) is 4.06. The maximum Gasteiger partial charge on any atom is 0.303 e. The lowest BCUT2D eigenvalue weighted by molar-refractivity contribution is -0.137. The third kappa shape index (κ3) is 13.2. The lowest BCUT2D eigenvalue weighted by atomic mass is 10.1. The van der Waals surface area contributed by atoms with Gasteiger partial charge in [-0.2, -0.15) is 0 Å². The van der Waals surface area contributed by atoms with Crippen molar-refractivity contribution in [2.45, 2.75) is 57.8 Å². The molecule has 0 spiro atoms. The summed E-state index contributed by atoms with van der Waals surface area (Å²) in [5.74, 6) is -0.685. The lowest BCUT2D eigenvalue weighted by Crippen LogP contribution is -1.93. The fourth-order valence-corrected chi connectivity index (χ4v) is 1.61. The summed E-state index contributed by atoms with van der Waals surface area (Å²) in [6.45, 7) is 0.142. The molecule has 0 amide bonds. The van der Waals surface area contributed by atoms with E-state index in [2.05, 4.69) is 0 Å². The monoisotopic (exact) mass is 228 g/mol. The number of aliphatic hydroxyl groups is 1. The van der Waals surface area contributed by atoms with E-state index >= 15 is 0 Å². The number of hydrogen-bond donors (Lipinski definition) is 2. The Kier molecular flexibility index (Phi) is 11.6. The molecular weight excluding hydrogens is 204 g/mol. The van der Waals surface area contributed by atoms with Crippen LogP contribution in [-0.2, 0) is 4.79 Å². The van der Waals surface area contributed by atoms with Gasteiger partial charge in [-0.15, -0.1) is 0 Å². The van der Waals surface area contributed by atoms with Crippen LogP contribution in [0.4, 0.5) is 0 Å². The average Bonchev–Trinajstić information content (AvgIpc) is 2.25. The van der Waals surface area contributed by atoms with Crippen LogP contribution in [0.2, 0.25) is 0 Å². The SMILES string of the molecule is O=C(O)CCCCCCCCCC=CCO. The first-order valence-electron chi connectivity index (χ1n) is 6.25. The normalized spacial score (nSPS) is 11.1. The second kappa shape index (κ2) is 12.2. The molecule has 0 aliphatic carbocycles. The van der Waals surface area contributed by atoms with Crippen LogP contribution in [0.25, 0.3) is 0 Å². The highest BCUT2D eigenvalue weighted by Crippen LogP contribution is 2.09. The molecule has 0 aliphatic rings. The quantitative estimate of drug-likeness (QED) is 0.422. The minimum absolute atomic E-state index is 0.142. The van der Waals surface area contributed by atoms with Gasteiger partial charge in [0, 0.05) is 6.42 Å². The van der Waals surface area contributed by atoms with Crippen molar-refractivity contribution in [1.29, 1.82) is 0 Å². The first-order chi connectivity index (χ1) is 7.77. The van der Waals surface area contributed by atoms with Gasteiger partial charge in [-0.1, -0.05) is 44.3 Å². The summed E-state index contributed by atoms with van der Waals surface area (Å²) in [6.07, 6.45) is 13.0. The Balaban J connectivity index is 2.98. The van der Waals surface area contributed by atoms with E-state index in [1.807, 2.05) is 6.08 Å². The van der Waals surface area contributed by atoms with Crippen molar-refractivity contribution >= 4 is 5.97 Å². The molecule has 0 aliphatic heterocycles. The second-order valence-electron chi connectivity index (χ2n) is 4.06.